The number of fused-ring (bicyclic) bond motifs is 1. The van der Waals surface area contributed by atoms with Crippen LogP contribution in [0.15, 0.2) is 64.2 Å². The Labute approximate surface area is 168 Å². The molecular weight excluding hydrogens is 394 g/mol. The van der Waals surface area contributed by atoms with Crippen LogP contribution >= 0.6 is 0 Å². The first-order chi connectivity index (χ1) is 14.0. The molecule has 1 aliphatic rings. The van der Waals surface area contributed by atoms with Crippen LogP contribution in [0.5, 0.6) is 0 Å². The lowest BCUT2D eigenvalue weighted by atomic mass is 10.1. The van der Waals surface area contributed by atoms with Crippen molar-refractivity contribution in [3.63, 3.8) is 0 Å². The van der Waals surface area contributed by atoms with Crippen LogP contribution in [0.4, 0.5) is 5.82 Å². The summed E-state index contributed by atoms with van der Waals surface area (Å²) in [4.78, 5) is 12.7. The van der Waals surface area contributed by atoms with Crippen molar-refractivity contribution in [1.29, 1.82) is 0 Å². The summed E-state index contributed by atoms with van der Waals surface area (Å²) >= 11 is 0. The van der Waals surface area contributed by atoms with Crippen LogP contribution < -0.4 is 5.32 Å². The molecule has 0 unspecified atom stereocenters. The Morgan fingerprint density at radius 2 is 2.00 bits per heavy atom. The average molecular weight is 415 g/mol. The van der Waals surface area contributed by atoms with Gasteiger partial charge in [0.25, 0.3) is 0 Å². The Morgan fingerprint density at radius 1 is 1.17 bits per heavy atom. The molecule has 0 aliphatic carbocycles. The fraction of sp³-hybridized carbons (Fsp3) is 0.300. The number of carbonyl (C=O) groups is 1. The molecule has 1 saturated heterocycles. The normalized spacial score (nSPS) is 17.1. The van der Waals surface area contributed by atoms with E-state index in [0.29, 0.717) is 12.0 Å². The van der Waals surface area contributed by atoms with Gasteiger partial charge < -0.3 is 14.6 Å². The van der Waals surface area contributed by atoms with E-state index in [0.717, 1.165) is 18.2 Å². The molecular formula is C20H21N3O5S. The number of rotatable bonds is 7. The molecule has 1 amide bonds. The van der Waals surface area contributed by atoms with Gasteiger partial charge in [-0.3, -0.25) is 4.79 Å². The van der Waals surface area contributed by atoms with Gasteiger partial charge in [0.1, 0.15) is 6.26 Å². The van der Waals surface area contributed by atoms with E-state index in [-0.39, 0.29) is 29.9 Å². The van der Waals surface area contributed by atoms with Crippen LogP contribution in [0.25, 0.3) is 10.8 Å². The monoisotopic (exact) mass is 415 g/mol. The number of amides is 1. The van der Waals surface area contributed by atoms with Crippen LogP contribution in [0.2, 0.25) is 0 Å². The van der Waals surface area contributed by atoms with Gasteiger partial charge in [-0.2, -0.15) is 4.31 Å². The molecule has 0 bridgehead atoms. The average Bonchev–Trinajstić information content (AvgIpc) is 3.41. The van der Waals surface area contributed by atoms with Gasteiger partial charge in [-0.15, -0.1) is 0 Å². The second-order valence-corrected chi connectivity index (χ2v) is 8.75. The lowest BCUT2D eigenvalue weighted by molar-refractivity contribution is -0.116. The molecule has 3 aromatic rings. The van der Waals surface area contributed by atoms with Crippen LogP contribution in [-0.2, 0) is 19.6 Å². The summed E-state index contributed by atoms with van der Waals surface area (Å²) in [7, 11) is -3.94. The molecule has 2 heterocycles. The number of hydrogen-bond donors (Lipinski definition) is 1. The smallest absolute Gasteiger partial charge is 0.244 e. The fourth-order valence-electron chi connectivity index (χ4n) is 3.44. The highest BCUT2D eigenvalue weighted by atomic mass is 32.2. The Hall–Kier alpha value is -2.75. The van der Waals surface area contributed by atoms with Gasteiger partial charge in [0, 0.05) is 24.6 Å². The molecule has 8 nitrogen and oxygen atoms in total. The Balaban J connectivity index is 1.65. The second kappa shape index (κ2) is 8.32. The zero-order valence-corrected chi connectivity index (χ0v) is 16.5. The van der Waals surface area contributed by atoms with E-state index in [1.807, 2.05) is 18.2 Å². The molecule has 0 saturated carbocycles. The molecule has 1 N–H and O–H groups in total. The summed E-state index contributed by atoms with van der Waals surface area (Å²) in [5.41, 5.74) is 0. The maximum Gasteiger partial charge on any atom is 0.244 e. The molecule has 4 rings (SSSR count). The van der Waals surface area contributed by atoms with Crippen molar-refractivity contribution in [1.82, 2.24) is 9.46 Å². The van der Waals surface area contributed by atoms with Gasteiger partial charge >= 0.3 is 0 Å². The zero-order valence-electron chi connectivity index (χ0n) is 15.7. The number of nitrogens with zero attached hydrogens (tertiary/aromatic N) is 2. The molecule has 9 heteroatoms. The van der Waals surface area contributed by atoms with Gasteiger partial charge in [0.05, 0.1) is 17.5 Å². The molecule has 0 radical (unpaired) electrons. The lowest BCUT2D eigenvalue weighted by Crippen LogP contribution is -2.42. The van der Waals surface area contributed by atoms with E-state index >= 15 is 0 Å². The summed E-state index contributed by atoms with van der Waals surface area (Å²) < 4.78 is 38.6. The first-order valence-corrected chi connectivity index (χ1v) is 10.8. The third kappa shape index (κ3) is 4.31. The third-order valence-electron chi connectivity index (χ3n) is 4.82. The number of carbonyl (C=O) groups excluding carboxylic acids is 1. The maximum absolute atomic E-state index is 13.5. The quantitative estimate of drug-likeness (QED) is 0.637. The summed E-state index contributed by atoms with van der Waals surface area (Å²) in [6.45, 7) is 0.355. The highest BCUT2D eigenvalue weighted by molar-refractivity contribution is 7.89. The molecule has 0 spiro atoms. The van der Waals surface area contributed by atoms with E-state index in [1.54, 1.807) is 24.3 Å². The van der Waals surface area contributed by atoms with Crippen molar-refractivity contribution in [3.05, 3.63) is 54.8 Å². The first-order valence-electron chi connectivity index (χ1n) is 9.34. The van der Waals surface area contributed by atoms with E-state index in [2.05, 4.69) is 10.5 Å². The number of sulfonamides is 1. The number of ether oxygens (including phenoxy) is 1. The van der Waals surface area contributed by atoms with Crippen LogP contribution in [0.3, 0.4) is 0 Å². The number of benzene rings is 2. The van der Waals surface area contributed by atoms with Gasteiger partial charge in [-0.25, -0.2) is 8.42 Å². The summed E-state index contributed by atoms with van der Waals surface area (Å²) in [5, 5.41) is 7.61. The summed E-state index contributed by atoms with van der Waals surface area (Å²) in [5.74, 6) is -0.268. The topological polar surface area (TPSA) is 102 Å². The molecule has 1 fully saturated rings. The highest BCUT2D eigenvalue weighted by Gasteiger charge is 2.32. The Bertz CT molecular complexity index is 1090. The molecule has 152 valence electrons. The molecule has 1 aliphatic heterocycles. The summed E-state index contributed by atoms with van der Waals surface area (Å²) in [6.07, 6.45) is 2.72. The minimum atomic E-state index is -3.94. The molecule has 1 atom stereocenters. The van der Waals surface area contributed by atoms with Gasteiger partial charge in [-0.05, 0) is 24.3 Å². The molecule has 29 heavy (non-hydrogen) atoms. The van der Waals surface area contributed by atoms with Crippen molar-refractivity contribution in [3.8, 4) is 0 Å². The van der Waals surface area contributed by atoms with Crippen molar-refractivity contribution in [2.24, 2.45) is 0 Å². The van der Waals surface area contributed by atoms with Crippen LogP contribution in [0, 0.1) is 0 Å². The van der Waals surface area contributed by atoms with Crippen LogP contribution in [-0.4, -0.2) is 49.6 Å². The predicted octanol–water partition coefficient (Wildman–Crippen LogP) is 2.64. The number of aromatic nitrogens is 1. The SMILES string of the molecule is O=C(CN(C[C@@H]1CCCO1)S(=O)(=O)c1cccc2ccccc12)Nc1ccon1. The van der Waals surface area contributed by atoms with E-state index in [1.165, 1.54) is 16.6 Å². The van der Waals surface area contributed by atoms with Crippen molar-refractivity contribution < 1.29 is 22.5 Å². The Morgan fingerprint density at radius 3 is 2.76 bits per heavy atom. The van der Waals surface area contributed by atoms with Crippen molar-refractivity contribution >= 4 is 32.5 Å². The second-order valence-electron chi connectivity index (χ2n) is 6.84. The summed E-state index contributed by atoms with van der Waals surface area (Å²) in [6, 6.07) is 13.9. The lowest BCUT2D eigenvalue weighted by Gasteiger charge is -2.25. The number of anilines is 1. The van der Waals surface area contributed by atoms with Crippen LogP contribution in [0.1, 0.15) is 12.8 Å². The standard InChI is InChI=1S/C20H21N3O5S/c24-20(21-19-10-12-28-22-19)14-23(13-16-7-4-11-27-16)29(25,26)18-9-3-6-15-5-1-2-8-17(15)18/h1-3,5-6,8-10,12,16H,4,7,11,13-14H2,(H,21,22,24)/t16-/m0/s1. The highest BCUT2D eigenvalue weighted by Crippen LogP contribution is 2.27. The van der Waals surface area contributed by atoms with E-state index < -0.39 is 15.9 Å². The van der Waals surface area contributed by atoms with Crippen molar-refractivity contribution in [2.45, 2.75) is 23.8 Å². The van der Waals surface area contributed by atoms with E-state index in [4.69, 9.17) is 9.26 Å². The van der Waals surface area contributed by atoms with Gasteiger partial charge in [0.2, 0.25) is 15.9 Å². The zero-order chi connectivity index (χ0) is 20.3. The van der Waals surface area contributed by atoms with E-state index in [9.17, 15) is 13.2 Å². The Kier molecular flexibility index (Phi) is 5.61. The maximum atomic E-state index is 13.5. The number of hydrogen-bond acceptors (Lipinski definition) is 6. The van der Waals surface area contributed by atoms with Crippen molar-refractivity contribution in [2.75, 3.05) is 25.0 Å². The minimum absolute atomic E-state index is 0.109. The van der Waals surface area contributed by atoms with Gasteiger partial charge in [-0.1, -0.05) is 41.6 Å². The first kappa shape index (κ1) is 19.6. The van der Waals surface area contributed by atoms with Gasteiger partial charge in [0.15, 0.2) is 5.82 Å². The minimum Gasteiger partial charge on any atom is -0.377 e. The fourth-order valence-corrected chi connectivity index (χ4v) is 5.08. The third-order valence-corrected chi connectivity index (χ3v) is 6.69. The molecule has 2 aromatic carbocycles. The number of nitrogens with one attached hydrogen (secondary N) is 1. The predicted molar refractivity (Wildman–Crippen MR) is 107 cm³/mol. The molecule has 1 aromatic heterocycles. The largest absolute Gasteiger partial charge is 0.377 e.